The molecule has 2 heterocycles. The molecule has 0 saturated carbocycles. The molecule has 0 aliphatic carbocycles. The molecule has 0 bridgehead atoms. The predicted molar refractivity (Wildman–Crippen MR) is 114 cm³/mol. The molecule has 0 radical (unpaired) electrons. The van der Waals surface area contributed by atoms with Gasteiger partial charge in [-0.15, -0.1) is 11.3 Å². The molecule has 0 spiro atoms. The minimum absolute atomic E-state index is 0.0405. The fraction of sp³-hybridized carbons (Fsp3) is 0.143. The number of amides is 1. The summed E-state index contributed by atoms with van der Waals surface area (Å²) in [4.78, 5) is 17.8. The number of carbonyl (C=O) groups excluding carboxylic acids is 1. The molecule has 1 amide bonds. The first-order valence-electron chi connectivity index (χ1n) is 9.01. The highest BCUT2D eigenvalue weighted by Crippen LogP contribution is 2.35. The summed E-state index contributed by atoms with van der Waals surface area (Å²) in [6.45, 7) is 0. The fourth-order valence-corrected chi connectivity index (χ4v) is 4.06. The minimum atomic E-state index is -4.53. The molecule has 0 saturated heterocycles. The number of benzene rings is 2. The molecule has 2 aromatic heterocycles. The summed E-state index contributed by atoms with van der Waals surface area (Å²) in [5.41, 5.74) is 1.36. The second-order valence-corrected chi connectivity index (χ2v) is 7.92. The van der Waals surface area contributed by atoms with E-state index < -0.39 is 17.6 Å². The van der Waals surface area contributed by atoms with E-state index in [9.17, 15) is 18.0 Å². The Hall–Kier alpha value is -3.04. The number of carbonyl (C=O) groups is 1. The molecule has 0 aliphatic rings. The molecule has 0 atom stereocenters. The number of nitrogens with one attached hydrogen (secondary N) is 1. The fourth-order valence-electron chi connectivity index (χ4n) is 3.06. The van der Waals surface area contributed by atoms with Crippen LogP contribution in [0.5, 0.6) is 5.75 Å². The monoisotopic (exact) mass is 465 g/mol. The highest BCUT2D eigenvalue weighted by Gasteiger charge is 2.31. The third kappa shape index (κ3) is 4.52. The van der Waals surface area contributed by atoms with Gasteiger partial charge in [0.05, 0.1) is 30.5 Å². The van der Waals surface area contributed by atoms with Crippen LogP contribution in [0, 0.1) is 0 Å². The first-order chi connectivity index (χ1) is 14.7. The Kier molecular flexibility index (Phi) is 5.63. The van der Waals surface area contributed by atoms with Gasteiger partial charge in [-0.1, -0.05) is 23.7 Å². The van der Waals surface area contributed by atoms with Crippen molar-refractivity contribution in [2.24, 2.45) is 0 Å². The van der Waals surface area contributed by atoms with Gasteiger partial charge >= 0.3 is 6.18 Å². The number of fused-ring (bicyclic) bond motifs is 1. The van der Waals surface area contributed by atoms with Crippen molar-refractivity contribution in [1.82, 2.24) is 9.38 Å². The Morgan fingerprint density at radius 3 is 2.65 bits per heavy atom. The summed E-state index contributed by atoms with van der Waals surface area (Å²) in [7, 11) is 1.32. The molecular weight excluding hydrogens is 451 g/mol. The molecule has 0 aliphatic heterocycles. The molecule has 0 fully saturated rings. The number of hydrogen-bond donors (Lipinski definition) is 1. The Balaban J connectivity index is 1.56. The molecular formula is C21H15ClF3N3O2S. The van der Waals surface area contributed by atoms with Crippen molar-refractivity contribution in [3.63, 3.8) is 0 Å². The summed E-state index contributed by atoms with van der Waals surface area (Å²) < 4.78 is 45.9. The van der Waals surface area contributed by atoms with Gasteiger partial charge in [-0.25, -0.2) is 4.98 Å². The molecule has 31 heavy (non-hydrogen) atoms. The Morgan fingerprint density at radius 1 is 1.23 bits per heavy atom. The van der Waals surface area contributed by atoms with E-state index in [4.69, 9.17) is 16.3 Å². The largest absolute Gasteiger partial charge is 0.495 e. The van der Waals surface area contributed by atoms with Crippen molar-refractivity contribution in [1.29, 1.82) is 0 Å². The molecule has 10 heteroatoms. The predicted octanol–water partition coefficient (Wildman–Crippen LogP) is 5.92. The van der Waals surface area contributed by atoms with Crippen LogP contribution in [0.1, 0.15) is 11.3 Å². The zero-order valence-corrected chi connectivity index (χ0v) is 17.6. The van der Waals surface area contributed by atoms with E-state index >= 15 is 0 Å². The van der Waals surface area contributed by atoms with E-state index in [-0.39, 0.29) is 17.9 Å². The molecule has 4 rings (SSSR count). The zero-order chi connectivity index (χ0) is 22.2. The van der Waals surface area contributed by atoms with Gasteiger partial charge in [-0.3, -0.25) is 9.20 Å². The SMILES string of the molecule is COc1ccc(C(F)(F)F)cc1NC(=O)Cc1csc2nc(-c3ccc(Cl)cc3)cn12. The number of ether oxygens (including phenoxy) is 1. The molecule has 1 N–H and O–H groups in total. The van der Waals surface area contributed by atoms with Crippen molar-refractivity contribution >= 4 is 39.5 Å². The van der Waals surface area contributed by atoms with Crippen molar-refractivity contribution in [2.45, 2.75) is 12.6 Å². The lowest BCUT2D eigenvalue weighted by Crippen LogP contribution is -2.16. The van der Waals surface area contributed by atoms with Gasteiger partial charge in [0.1, 0.15) is 5.75 Å². The highest BCUT2D eigenvalue weighted by molar-refractivity contribution is 7.15. The van der Waals surface area contributed by atoms with Crippen LogP contribution >= 0.6 is 22.9 Å². The topological polar surface area (TPSA) is 55.6 Å². The van der Waals surface area contributed by atoms with Crippen LogP contribution in [0.4, 0.5) is 18.9 Å². The quantitative estimate of drug-likeness (QED) is 0.398. The third-order valence-electron chi connectivity index (χ3n) is 4.57. The smallest absolute Gasteiger partial charge is 0.416 e. The van der Waals surface area contributed by atoms with Crippen LogP contribution in [0.25, 0.3) is 16.2 Å². The summed E-state index contributed by atoms with van der Waals surface area (Å²) in [5.74, 6) is -0.330. The Labute approximate surface area is 184 Å². The van der Waals surface area contributed by atoms with Crippen molar-refractivity contribution in [3.8, 4) is 17.0 Å². The maximum absolute atomic E-state index is 13.0. The lowest BCUT2D eigenvalue weighted by atomic mass is 10.1. The van der Waals surface area contributed by atoms with Gasteiger partial charge < -0.3 is 10.1 Å². The van der Waals surface area contributed by atoms with Gasteiger partial charge in [-0.05, 0) is 30.3 Å². The molecule has 4 aromatic rings. The number of thiazole rings is 1. The van der Waals surface area contributed by atoms with Crippen LogP contribution < -0.4 is 10.1 Å². The standard InChI is InChI=1S/C21H15ClF3N3O2S/c1-30-18-7-4-13(21(23,24)25)8-16(18)26-19(29)9-15-11-31-20-27-17(10-28(15)20)12-2-5-14(22)6-3-12/h2-8,10-11H,9H2,1H3,(H,26,29). The number of hydrogen-bond acceptors (Lipinski definition) is 4. The van der Waals surface area contributed by atoms with Crippen LogP contribution in [-0.2, 0) is 17.4 Å². The summed E-state index contributed by atoms with van der Waals surface area (Å²) >= 11 is 7.29. The summed E-state index contributed by atoms with van der Waals surface area (Å²) in [5, 5.41) is 4.92. The minimum Gasteiger partial charge on any atom is -0.495 e. The number of nitrogens with zero attached hydrogens (tertiary/aromatic N) is 2. The van der Waals surface area contributed by atoms with Crippen molar-refractivity contribution in [2.75, 3.05) is 12.4 Å². The number of imidazole rings is 1. The Morgan fingerprint density at radius 2 is 1.97 bits per heavy atom. The van der Waals surface area contributed by atoms with Crippen LogP contribution in [-0.4, -0.2) is 22.4 Å². The Bertz CT molecular complexity index is 1250. The average molecular weight is 466 g/mol. The second kappa shape index (κ2) is 8.24. The number of halogens is 4. The van der Waals surface area contributed by atoms with E-state index in [1.807, 2.05) is 18.3 Å². The van der Waals surface area contributed by atoms with E-state index in [1.54, 1.807) is 21.9 Å². The van der Waals surface area contributed by atoms with E-state index in [0.29, 0.717) is 15.7 Å². The van der Waals surface area contributed by atoms with Crippen LogP contribution in [0.2, 0.25) is 5.02 Å². The average Bonchev–Trinajstić information content (AvgIpc) is 3.30. The van der Waals surface area contributed by atoms with Crippen molar-refractivity contribution in [3.05, 3.63) is 70.3 Å². The van der Waals surface area contributed by atoms with Crippen LogP contribution in [0.15, 0.2) is 54.0 Å². The maximum atomic E-state index is 13.0. The first-order valence-corrected chi connectivity index (χ1v) is 10.3. The number of aromatic nitrogens is 2. The van der Waals surface area contributed by atoms with E-state index in [1.165, 1.54) is 24.5 Å². The van der Waals surface area contributed by atoms with Crippen molar-refractivity contribution < 1.29 is 22.7 Å². The maximum Gasteiger partial charge on any atom is 0.416 e. The highest BCUT2D eigenvalue weighted by atomic mass is 35.5. The van der Waals surface area contributed by atoms with Gasteiger partial charge in [-0.2, -0.15) is 13.2 Å². The summed E-state index contributed by atoms with van der Waals surface area (Å²) in [6.07, 6.45) is -2.77. The zero-order valence-electron chi connectivity index (χ0n) is 16.0. The molecule has 2 aromatic carbocycles. The lowest BCUT2D eigenvalue weighted by molar-refractivity contribution is -0.137. The van der Waals surface area contributed by atoms with E-state index in [2.05, 4.69) is 10.3 Å². The number of methoxy groups -OCH3 is 1. The second-order valence-electron chi connectivity index (χ2n) is 6.65. The number of rotatable bonds is 5. The molecule has 0 unspecified atom stereocenters. The normalized spacial score (nSPS) is 11.6. The van der Waals surface area contributed by atoms with E-state index in [0.717, 1.165) is 23.4 Å². The lowest BCUT2D eigenvalue weighted by Gasteiger charge is -2.13. The third-order valence-corrected chi connectivity index (χ3v) is 5.71. The van der Waals surface area contributed by atoms with Gasteiger partial charge in [0.25, 0.3) is 0 Å². The number of alkyl halides is 3. The van der Waals surface area contributed by atoms with Crippen LogP contribution in [0.3, 0.4) is 0 Å². The van der Waals surface area contributed by atoms with Gasteiger partial charge in [0, 0.05) is 27.9 Å². The first kappa shape index (κ1) is 21.2. The molecule has 5 nitrogen and oxygen atoms in total. The summed E-state index contributed by atoms with van der Waals surface area (Å²) in [6, 6.07) is 10.2. The number of anilines is 1. The van der Waals surface area contributed by atoms with Gasteiger partial charge in [0.2, 0.25) is 5.91 Å². The van der Waals surface area contributed by atoms with Gasteiger partial charge in [0.15, 0.2) is 4.96 Å². The molecule has 160 valence electrons.